The van der Waals surface area contributed by atoms with Crippen molar-refractivity contribution >= 4 is 22.5 Å². The van der Waals surface area contributed by atoms with Gasteiger partial charge in [-0.25, -0.2) is 4.98 Å². The summed E-state index contributed by atoms with van der Waals surface area (Å²) >= 11 is 0. The van der Waals surface area contributed by atoms with E-state index in [2.05, 4.69) is 10.3 Å². The van der Waals surface area contributed by atoms with Crippen molar-refractivity contribution in [2.45, 2.75) is 19.9 Å². The fraction of sp³-hybridized carbons (Fsp3) is 0.375. The predicted octanol–water partition coefficient (Wildman–Crippen LogP) is 2.22. The normalized spacial score (nSPS) is 12.6. The summed E-state index contributed by atoms with van der Waals surface area (Å²) in [4.78, 5) is 16.5. The number of pyridine rings is 1. The second-order valence-electron chi connectivity index (χ2n) is 5.39. The fourth-order valence-electron chi connectivity index (χ4n) is 2.16. The van der Waals surface area contributed by atoms with E-state index in [9.17, 15) is 4.79 Å². The zero-order valence-corrected chi connectivity index (χ0v) is 12.6. The van der Waals surface area contributed by atoms with Gasteiger partial charge in [-0.15, -0.1) is 0 Å². The van der Waals surface area contributed by atoms with Crippen molar-refractivity contribution in [2.75, 3.05) is 19.5 Å². The number of nitrogens with zero attached hydrogens (tertiary/aromatic N) is 1. The number of nitrogens with one attached hydrogen (secondary N) is 1. The Morgan fingerprint density at radius 1 is 1.38 bits per heavy atom. The number of benzene rings is 1. The molecule has 3 N–H and O–H groups in total. The molecule has 2 rings (SSSR count). The summed E-state index contributed by atoms with van der Waals surface area (Å²) in [6.45, 7) is 4.53. The van der Waals surface area contributed by atoms with E-state index in [-0.39, 0.29) is 17.9 Å². The van der Waals surface area contributed by atoms with Crippen LogP contribution in [0.25, 0.3) is 10.8 Å². The Bertz CT molecular complexity index is 640. The summed E-state index contributed by atoms with van der Waals surface area (Å²) < 4.78 is 5.14. The van der Waals surface area contributed by atoms with Crippen LogP contribution in [0.15, 0.2) is 30.3 Å². The number of hydrogen-bond acceptors (Lipinski definition) is 4. The number of anilines is 1. The summed E-state index contributed by atoms with van der Waals surface area (Å²) in [5, 5.41) is 4.70. The molecular weight excluding hydrogens is 266 g/mol. The van der Waals surface area contributed by atoms with Crippen LogP contribution in [0.5, 0.6) is 0 Å². The van der Waals surface area contributed by atoms with Crippen molar-refractivity contribution in [3.63, 3.8) is 0 Å². The summed E-state index contributed by atoms with van der Waals surface area (Å²) in [6, 6.07) is 9.31. The summed E-state index contributed by atoms with van der Waals surface area (Å²) in [5.74, 6) is 0.404. The van der Waals surface area contributed by atoms with Crippen LogP contribution in [0.1, 0.15) is 24.3 Å². The van der Waals surface area contributed by atoms with E-state index in [0.717, 1.165) is 10.8 Å². The van der Waals surface area contributed by atoms with Crippen molar-refractivity contribution in [1.29, 1.82) is 0 Å². The molecule has 0 aliphatic carbocycles. The van der Waals surface area contributed by atoms with Crippen molar-refractivity contribution in [3.8, 4) is 0 Å². The standard InChI is InChI=1S/C16H21N3O2/c1-10(2)14(9-21-3)19-16(20)13-8-11-6-4-5-7-12(11)15(17)18-13/h4-8,10,14H,9H2,1-3H3,(H2,17,18)(H,19,20). The second-order valence-corrected chi connectivity index (χ2v) is 5.39. The van der Waals surface area contributed by atoms with E-state index in [1.54, 1.807) is 13.2 Å². The number of rotatable bonds is 5. The maximum absolute atomic E-state index is 12.3. The third-order valence-corrected chi connectivity index (χ3v) is 3.47. The lowest BCUT2D eigenvalue weighted by molar-refractivity contribution is 0.0862. The van der Waals surface area contributed by atoms with E-state index in [4.69, 9.17) is 10.5 Å². The van der Waals surface area contributed by atoms with E-state index in [1.807, 2.05) is 38.1 Å². The molecule has 1 atom stereocenters. The maximum atomic E-state index is 12.3. The van der Waals surface area contributed by atoms with Gasteiger partial charge in [0.25, 0.3) is 5.91 Å². The van der Waals surface area contributed by atoms with Gasteiger partial charge >= 0.3 is 0 Å². The minimum atomic E-state index is -0.233. The molecular formula is C16H21N3O2. The quantitative estimate of drug-likeness (QED) is 0.884. The Morgan fingerprint density at radius 2 is 2.10 bits per heavy atom. The van der Waals surface area contributed by atoms with Crippen molar-refractivity contribution in [3.05, 3.63) is 36.0 Å². The molecule has 0 spiro atoms. The highest BCUT2D eigenvalue weighted by molar-refractivity contribution is 5.99. The molecule has 0 aliphatic heterocycles. The Kier molecular flexibility index (Phi) is 4.75. The number of hydrogen-bond donors (Lipinski definition) is 2. The SMILES string of the molecule is COCC(NC(=O)c1cc2ccccc2c(N)n1)C(C)C. The van der Waals surface area contributed by atoms with Crippen molar-refractivity contribution < 1.29 is 9.53 Å². The van der Waals surface area contributed by atoms with Crippen LogP contribution in [-0.4, -0.2) is 30.6 Å². The zero-order valence-electron chi connectivity index (χ0n) is 12.6. The second kappa shape index (κ2) is 6.54. The largest absolute Gasteiger partial charge is 0.383 e. The fourth-order valence-corrected chi connectivity index (χ4v) is 2.16. The molecule has 1 heterocycles. The molecule has 1 aromatic heterocycles. The molecule has 0 saturated heterocycles. The first kappa shape index (κ1) is 15.3. The zero-order chi connectivity index (χ0) is 15.4. The number of nitrogens with two attached hydrogens (primary N) is 1. The molecule has 112 valence electrons. The number of nitrogen functional groups attached to an aromatic ring is 1. The van der Waals surface area contributed by atoms with E-state index in [1.165, 1.54) is 0 Å². The molecule has 1 amide bonds. The van der Waals surface area contributed by atoms with E-state index < -0.39 is 0 Å². The number of aromatic nitrogens is 1. The minimum Gasteiger partial charge on any atom is -0.383 e. The summed E-state index contributed by atoms with van der Waals surface area (Å²) in [5.41, 5.74) is 6.26. The van der Waals surface area contributed by atoms with Gasteiger partial charge in [-0.05, 0) is 17.4 Å². The van der Waals surface area contributed by atoms with Crippen LogP contribution in [0, 0.1) is 5.92 Å². The molecule has 0 saturated carbocycles. The number of carbonyl (C=O) groups excluding carboxylic acids is 1. The number of fused-ring (bicyclic) bond motifs is 1. The molecule has 21 heavy (non-hydrogen) atoms. The lowest BCUT2D eigenvalue weighted by atomic mass is 10.0. The highest BCUT2D eigenvalue weighted by Crippen LogP contribution is 2.20. The molecule has 2 aromatic rings. The molecule has 0 bridgehead atoms. The molecule has 0 aliphatic rings. The third kappa shape index (κ3) is 3.49. The van der Waals surface area contributed by atoms with E-state index >= 15 is 0 Å². The number of methoxy groups -OCH3 is 1. The van der Waals surface area contributed by atoms with Crippen molar-refractivity contribution in [1.82, 2.24) is 10.3 Å². The molecule has 5 heteroatoms. The Morgan fingerprint density at radius 3 is 2.76 bits per heavy atom. The Balaban J connectivity index is 2.27. The number of amides is 1. The van der Waals surface area contributed by atoms with Gasteiger partial charge in [-0.1, -0.05) is 38.1 Å². The van der Waals surface area contributed by atoms with Gasteiger partial charge < -0.3 is 15.8 Å². The molecule has 0 fully saturated rings. The van der Waals surface area contributed by atoms with Crippen molar-refractivity contribution in [2.24, 2.45) is 5.92 Å². The lowest BCUT2D eigenvalue weighted by Gasteiger charge is -2.21. The van der Waals surface area contributed by atoms with Gasteiger partial charge in [0, 0.05) is 12.5 Å². The highest BCUT2D eigenvalue weighted by Gasteiger charge is 2.18. The van der Waals surface area contributed by atoms with Crippen LogP contribution < -0.4 is 11.1 Å². The monoisotopic (exact) mass is 287 g/mol. The van der Waals surface area contributed by atoms with Crippen LogP contribution in [-0.2, 0) is 4.74 Å². The van der Waals surface area contributed by atoms with Gasteiger partial charge in [-0.2, -0.15) is 0 Å². The first-order valence-corrected chi connectivity index (χ1v) is 6.98. The molecule has 0 radical (unpaired) electrons. The topological polar surface area (TPSA) is 77.2 Å². The Hall–Kier alpha value is -2.14. The molecule has 1 unspecified atom stereocenters. The van der Waals surface area contributed by atoms with Crippen LogP contribution in [0.3, 0.4) is 0 Å². The first-order chi connectivity index (χ1) is 10.0. The predicted molar refractivity (Wildman–Crippen MR) is 84.1 cm³/mol. The minimum absolute atomic E-state index is 0.0583. The van der Waals surface area contributed by atoms with Gasteiger partial charge in [-0.3, -0.25) is 4.79 Å². The Labute approximate surface area is 124 Å². The number of carbonyl (C=O) groups is 1. The summed E-state index contributed by atoms with van der Waals surface area (Å²) in [6.07, 6.45) is 0. The van der Waals surface area contributed by atoms with E-state index in [0.29, 0.717) is 18.1 Å². The van der Waals surface area contributed by atoms with Gasteiger partial charge in [0.05, 0.1) is 12.6 Å². The average molecular weight is 287 g/mol. The van der Waals surface area contributed by atoms with Crippen LogP contribution in [0.4, 0.5) is 5.82 Å². The highest BCUT2D eigenvalue weighted by atomic mass is 16.5. The van der Waals surface area contributed by atoms with Crippen LogP contribution in [0.2, 0.25) is 0 Å². The van der Waals surface area contributed by atoms with Crippen LogP contribution >= 0.6 is 0 Å². The van der Waals surface area contributed by atoms with Gasteiger partial charge in [0.15, 0.2) is 0 Å². The third-order valence-electron chi connectivity index (χ3n) is 3.47. The molecule has 1 aromatic carbocycles. The lowest BCUT2D eigenvalue weighted by Crippen LogP contribution is -2.42. The summed E-state index contributed by atoms with van der Waals surface area (Å²) in [7, 11) is 1.62. The smallest absolute Gasteiger partial charge is 0.270 e. The van der Waals surface area contributed by atoms with Gasteiger partial charge in [0.2, 0.25) is 0 Å². The first-order valence-electron chi connectivity index (χ1n) is 6.98. The molecule has 5 nitrogen and oxygen atoms in total. The number of ether oxygens (including phenoxy) is 1. The van der Waals surface area contributed by atoms with Gasteiger partial charge in [0.1, 0.15) is 11.5 Å². The average Bonchev–Trinajstić information content (AvgIpc) is 2.46. The maximum Gasteiger partial charge on any atom is 0.270 e.